The van der Waals surface area contributed by atoms with Crippen molar-refractivity contribution in [2.24, 2.45) is 5.92 Å². The second-order valence-electron chi connectivity index (χ2n) is 10.6. The molecule has 226 valence electrons. The van der Waals surface area contributed by atoms with Crippen molar-refractivity contribution < 1.29 is 22.7 Å². The molecule has 42 heavy (non-hydrogen) atoms. The van der Waals surface area contributed by atoms with Crippen LogP contribution in [0.25, 0.3) is 0 Å². The van der Waals surface area contributed by atoms with Gasteiger partial charge < -0.3 is 15.0 Å². The van der Waals surface area contributed by atoms with E-state index in [0.29, 0.717) is 29.4 Å². The predicted octanol–water partition coefficient (Wildman–Crippen LogP) is 5.31. The van der Waals surface area contributed by atoms with Crippen molar-refractivity contribution in [3.05, 3.63) is 95.0 Å². The minimum atomic E-state index is -3.66. The molecule has 0 aromatic heterocycles. The van der Waals surface area contributed by atoms with Crippen LogP contribution in [-0.4, -0.2) is 57.6 Å². The van der Waals surface area contributed by atoms with Crippen LogP contribution in [0.5, 0.6) is 5.75 Å². The predicted molar refractivity (Wildman–Crippen MR) is 168 cm³/mol. The number of benzene rings is 3. The Kier molecular flexibility index (Phi) is 12.2. The third kappa shape index (κ3) is 9.77. The molecular formula is C32H40ClN3O5S. The maximum absolute atomic E-state index is 13.9. The number of hydrogen-bond donors (Lipinski definition) is 1. The van der Waals surface area contributed by atoms with E-state index >= 15 is 0 Å². The largest absolute Gasteiger partial charge is 0.495 e. The fraction of sp³-hybridized carbons (Fsp3) is 0.375. The van der Waals surface area contributed by atoms with Gasteiger partial charge in [0, 0.05) is 37.5 Å². The third-order valence-electron chi connectivity index (χ3n) is 6.73. The lowest BCUT2D eigenvalue weighted by Gasteiger charge is -2.32. The summed E-state index contributed by atoms with van der Waals surface area (Å²) in [6, 6.07) is 22.8. The Balaban J connectivity index is 1.89. The quantitative estimate of drug-likeness (QED) is 0.251. The van der Waals surface area contributed by atoms with Crippen molar-refractivity contribution in [1.29, 1.82) is 0 Å². The lowest BCUT2D eigenvalue weighted by molar-refractivity contribution is -0.141. The number of para-hydroxylation sites is 2. The molecule has 2 amide bonds. The molecular weight excluding hydrogens is 574 g/mol. The van der Waals surface area contributed by atoms with Crippen molar-refractivity contribution in [2.75, 3.05) is 30.8 Å². The minimum Gasteiger partial charge on any atom is -0.495 e. The van der Waals surface area contributed by atoms with Gasteiger partial charge in [0.15, 0.2) is 0 Å². The lowest BCUT2D eigenvalue weighted by Crippen LogP contribution is -2.51. The molecule has 0 unspecified atom stereocenters. The van der Waals surface area contributed by atoms with Gasteiger partial charge in [0.25, 0.3) is 0 Å². The Morgan fingerprint density at radius 3 is 2.19 bits per heavy atom. The Morgan fingerprint density at radius 2 is 1.57 bits per heavy atom. The van der Waals surface area contributed by atoms with Gasteiger partial charge in [-0.2, -0.15) is 0 Å². The second-order valence-corrected chi connectivity index (χ2v) is 12.9. The van der Waals surface area contributed by atoms with Crippen molar-refractivity contribution in [3.63, 3.8) is 0 Å². The standard InChI is InChI=1S/C32H40ClN3O5S/c1-24(2)22-34-32(38)29(21-25-11-6-5-7-12-25)35(23-26-16-18-27(33)19-17-26)31(37)15-10-20-36(42(4,39)40)28-13-8-9-14-30(28)41-3/h5-9,11-14,16-19,24,29H,10,15,20-23H2,1-4H3,(H,34,38)/t29-/m0/s1. The van der Waals surface area contributed by atoms with E-state index in [1.807, 2.05) is 56.3 Å². The van der Waals surface area contributed by atoms with Gasteiger partial charge in [-0.15, -0.1) is 0 Å². The first-order chi connectivity index (χ1) is 20.0. The molecule has 0 radical (unpaired) electrons. The van der Waals surface area contributed by atoms with E-state index in [9.17, 15) is 18.0 Å². The van der Waals surface area contributed by atoms with Crippen molar-refractivity contribution >= 4 is 39.1 Å². The summed E-state index contributed by atoms with van der Waals surface area (Å²) in [7, 11) is -2.17. The van der Waals surface area contributed by atoms with Gasteiger partial charge in [-0.1, -0.05) is 80.0 Å². The molecule has 1 atom stereocenters. The molecule has 0 spiro atoms. The summed E-state index contributed by atoms with van der Waals surface area (Å²) in [6.07, 6.45) is 1.74. The average molecular weight is 614 g/mol. The van der Waals surface area contributed by atoms with Gasteiger partial charge in [-0.25, -0.2) is 8.42 Å². The number of ether oxygens (including phenoxy) is 1. The number of nitrogens with zero attached hydrogens (tertiary/aromatic N) is 2. The molecule has 0 aliphatic heterocycles. The van der Waals surface area contributed by atoms with Crippen molar-refractivity contribution in [2.45, 2.75) is 45.7 Å². The summed E-state index contributed by atoms with van der Waals surface area (Å²) in [5, 5.41) is 3.58. The normalized spacial score (nSPS) is 12.0. The first kappa shape index (κ1) is 32.9. The van der Waals surface area contributed by atoms with E-state index in [4.69, 9.17) is 16.3 Å². The molecule has 1 N–H and O–H groups in total. The van der Waals surface area contributed by atoms with Crippen LogP contribution in [0.1, 0.15) is 37.8 Å². The van der Waals surface area contributed by atoms with Crippen LogP contribution < -0.4 is 14.4 Å². The topological polar surface area (TPSA) is 96.0 Å². The van der Waals surface area contributed by atoms with Crippen LogP contribution >= 0.6 is 11.6 Å². The van der Waals surface area contributed by atoms with E-state index in [1.165, 1.54) is 11.4 Å². The number of nitrogens with one attached hydrogen (secondary N) is 1. The SMILES string of the molecule is COc1ccccc1N(CCCC(=O)N(Cc1ccc(Cl)cc1)[C@@H](Cc1ccccc1)C(=O)NCC(C)C)S(C)(=O)=O. The number of halogens is 1. The Labute approximate surface area is 254 Å². The molecule has 3 aromatic carbocycles. The molecule has 3 rings (SSSR count). The summed E-state index contributed by atoms with van der Waals surface area (Å²) in [6.45, 7) is 4.78. The number of sulfonamides is 1. The number of hydrogen-bond acceptors (Lipinski definition) is 5. The molecule has 10 heteroatoms. The van der Waals surface area contributed by atoms with E-state index in [2.05, 4.69) is 5.32 Å². The molecule has 0 heterocycles. The number of anilines is 1. The molecule has 8 nitrogen and oxygen atoms in total. The van der Waals surface area contributed by atoms with Gasteiger partial charge in [-0.05, 0) is 47.7 Å². The van der Waals surface area contributed by atoms with Crippen LogP contribution in [-0.2, 0) is 32.6 Å². The lowest BCUT2D eigenvalue weighted by atomic mass is 10.0. The smallest absolute Gasteiger partial charge is 0.243 e. The van der Waals surface area contributed by atoms with Crippen LogP contribution in [0.3, 0.4) is 0 Å². The highest BCUT2D eigenvalue weighted by Crippen LogP contribution is 2.30. The number of amides is 2. The second kappa shape index (κ2) is 15.6. The van der Waals surface area contributed by atoms with Gasteiger partial charge in [-0.3, -0.25) is 13.9 Å². The molecule has 0 saturated heterocycles. The molecule has 0 bridgehead atoms. The number of rotatable bonds is 15. The Morgan fingerprint density at radius 1 is 0.929 bits per heavy atom. The molecule has 0 aliphatic rings. The average Bonchev–Trinajstić information content (AvgIpc) is 2.96. The first-order valence-corrected chi connectivity index (χ1v) is 16.2. The number of carbonyl (C=O) groups is 2. The van der Waals surface area contributed by atoms with E-state index < -0.39 is 16.1 Å². The summed E-state index contributed by atoms with van der Waals surface area (Å²) in [4.78, 5) is 29.1. The van der Waals surface area contributed by atoms with Crippen molar-refractivity contribution in [3.8, 4) is 5.75 Å². The molecule has 0 saturated carbocycles. The molecule has 0 fully saturated rings. The van der Waals surface area contributed by atoms with Crippen LogP contribution in [0.15, 0.2) is 78.9 Å². The highest BCUT2D eigenvalue weighted by Gasteiger charge is 2.31. The van der Waals surface area contributed by atoms with Crippen LogP contribution in [0.2, 0.25) is 5.02 Å². The molecule has 3 aromatic rings. The third-order valence-corrected chi connectivity index (χ3v) is 8.16. The summed E-state index contributed by atoms with van der Waals surface area (Å²) in [5.74, 6) is 0.174. The number of carbonyl (C=O) groups excluding carboxylic acids is 2. The summed E-state index contributed by atoms with van der Waals surface area (Å²) in [5.41, 5.74) is 2.16. The summed E-state index contributed by atoms with van der Waals surface area (Å²) < 4.78 is 32.1. The fourth-order valence-corrected chi connectivity index (χ4v) is 5.68. The maximum Gasteiger partial charge on any atom is 0.243 e. The Hall–Kier alpha value is -3.56. The van der Waals surface area contributed by atoms with Crippen molar-refractivity contribution in [1.82, 2.24) is 10.2 Å². The van der Waals surface area contributed by atoms with Gasteiger partial charge in [0.2, 0.25) is 21.8 Å². The highest BCUT2D eigenvalue weighted by atomic mass is 35.5. The maximum atomic E-state index is 13.9. The highest BCUT2D eigenvalue weighted by molar-refractivity contribution is 7.92. The zero-order chi connectivity index (χ0) is 30.7. The Bertz CT molecular complexity index is 1420. The minimum absolute atomic E-state index is 0.0392. The van der Waals surface area contributed by atoms with Gasteiger partial charge >= 0.3 is 0 Å². The zero-order valence-electron chi connectivity index (χ0n) is 24.6. The fourth-order valence-electron chi connectivity index (χ4n) is 4.58. The van der Waals surface area contributed by atoms with E-state index in [1.54, 1.807) is 41.3 Å². The summed E-state index contributed by atoms with van der Waals surface area (Å²) >= 11 is 6.10. The number of methoxy groups -OCH3 is 1. The van der Waals surface area contributed by atoms with Gasteiger partial charge in [0.05, 0.1) is 19.1 Å². The van der Waals surface area contributed by atoms with E-state index in [-0.39, 0.29) is 43.7 Å². The van der Waals surface area contributed by atoms with Gasteiger partial charge in [0.1, 0.15) is 11.8 Å². The molecule has 0 aliphatic carbocycles. The van der Waals surface area contributed by atoms with Crippen LogP contribution in [0, 0.1) is 5.92 Å². The monoisotopic (exact) mass is 613 g/mol. The zero-order valence-corrected chi connectivity index (χ0v) is 26.2. The van der Waals surface area contributed by atoms with Crippen LogP contribution in [0.4, 0.5) is 5.69 Å². The van der Waals surface area contributed by atoms with E-state index in [0.717, 1.165) is 17.4 Å². The first-order valence-electron chi connectivity index (χ1n) is 14.0.